The van der Waals surface area contributed by atoms with Crippen LogP contribution < -0.4 is 0 Å². The standard InChI is InChI=1S/C11H12ClFN2/c1-8(6-14)15(2)7-9-5-10(13)3-4-11(9)12/h3-5,8H,7H2,1-2H3. The van der Waals surface area contributed by atoms with Crippen LogP contribution in [-0.2, 0) is 6.54 Å². The van der Waals surface area contributed by atoms with Gasteiger partial charge in [-0.3, -0.25) is 4.90 Å². The number of nitrogens with zero attached hydrogens (tertiary/aromatic N) is 2. The van der Waals surface area contributed by atoms with E-state index in [0.717, 1.165) is 0 Å². The molecule has 1 aromatic carbocycles. The van der Waals surface area contributed by atoms with Gasteiger partial charge in [0.1, 0.15) is 5.82 Å². The number of halogens is 2. The van der Waals surface area contributed by atoms with Crippen molar-refractivity contribution in [1.82, 2.24) is 4.90 Å². The Morgan fingerprint density at radius 3 is 2.87 bits per heavy atom. The third-order valence-corrected chi connectivity index (χ3v) is 2.64. The lowest BCUT2D eigenvalue weighted by molar-refractivity contribution is 0.294. The highest BCUT2D eigenvalue weighted by Crippen LogP contribution is 2.19. The van der Waals surface area contributed by atoms with Gasteiger partial charge in [-0.05, 0) is 37.7 Å². The van der Waals surface area contributed by atoms with Crippen molar-refractivity contribution in [3.63, 3.8) is 0 Å². The summed E-state index contributed by atoms with van der Waals surface area (Å²) in [6, 6.07) is 6.13. The first kappa shape index (κ1) is 12.0. The molecule has 0 amide bonds. The first-order chi connectivity index (χ1) is 7.04. The Balaban J connectivity index is 2.81. The lowest BCUT2D eigenvalue weighted by atomic mass is 10.2. The van der Waals surface area contributed by atoms with E-state index in [4.69, 9.17) is 16.9 Å². The van der Waals surface area contributed by atoms with E-state index in [1.54, 1.807) is 18.9 Å². The van der Waals surface area contributed by atoms with E-state index in [0.29, 0.717) is 17.1 Å². The summed E-state index contributed by atoms with van der Waals surface area (Å²) >= 11 is 5.91. The fourth-order valence-electron chi connectivity index (χ4n) is 1.17. The summed E-state index contributed by atoms with van der Waals surface area (Å²) in [5.41, 5.74) is 0.696. The van der Waals surface area contributed by atoms with Gasteiger partial charge in [-0.2, -0.15) is 5.26 Å². The van der Waals surface area contributed by atoms with Gasteiger partial charge in [0.15, 0.2) is 0 Å². The lowest BCUT2D eigenvalue weighted by Gasteiger charge is -2.19. The van der Waals surface area contributed by atoms with Crippen molar-refractivity contribution in [3.05, 3.63) is 34.6 Å². The molecule has 0 radical (unpaired) electrons. The fourth-order valence-corrected chi connectivity index (χ4v) is 1.35. The minimum Gasteiger partial charge on any atom is -0.287 e. The van der Waals surface area contributed by atoms with E-state index >= 15 is 0 Å². The van der Waals surface area contributed by atoms with E-state index in [-0.39, 0.29) is 11.9 Å². The van der Waals surface area contributed by atoms with E-state index in [2.05, 4.69) is 6.07 Å². The minimum atomic E-state index is -0.313. The van der Waals surface area contributed by atoms with Gasteiger partial charge in [-0.1, -0.05) is 11.6 Å². The number of rotatable bonds is 3. The largest absolute Gasteiger partial charge is 0.287 e. The highest BCUT2D eigenvalue weighted by atomic mass is 35.5. The van der Waals surface area contributed by atoms with Gasteiger partial charge in [0.2, 0.25) is 0 Å². The van der Waals surface area contributed by atoms with Crippen LogP contribution in [0.2, 0.25) is 5.02 Å². The van der Waals surface area contributed by atoms with Crippen LogP contribution in [0.4, 0.5) is 4.39 Å². The molecule has 0 aliphatic rings. The Morgan fingerprint density at radius 2 is 2.27 bits per heavy atom. The zero-order chi connectivity index (χ0) is 11.4. The van der Waals surface area contributed by atoms with Crippen molar-refractivity contribution in [2.24, 2.45) is 0 Å². The molecular formula is C11H12ClFN2. The molecule has 2 nitrogen and oxygen atoms in total. The first-order valence-corrected chi connectivity index (χ1v) is 4.96. The maximum absolute atomic E-state index is 12.9. The van der Waals surface area contributed by atoms with Crippen molar-refractivity contribution < 1.29 is 4.39 Å². The van der Waals surface area contributed by atoms with Crippen molar-refractivity contribution in [1.29, 1.82) is 5.26 Å². The Kier molecular flexibility index (Phi) is 4.07. The predicted octanol–water partition coefficient (Wildman–Crippen LogP) is 2.82. The molecule has 80 valence electrons. The van der Waals surface area contributed by atoms with Gasteiger partial charge >= 0.3 is 0 Å². The van der Waals surface area contributed by atoms with E-state index in [1.165, 1.54) is 18.2 Å². The molecule has 0 saturated heterocycles. The van der Waals surface area contributed by atoms with Gasteiger partial charge in [0, 0.05) is 11.6 Å². The van der Waals surface area contributed by atoms with Crippen LogP contribution in [0, 0.1) is 17.1 Å². The second kappa shape index (κ2) is 5.11. The van der Waals surface area contributed by atoms with Gasteiger partial charge in [-0.25, -0.2) is 4.39 Å². The number of hydrogen-bond donors (Lipinski definition) is 0. The molecule has 0 fully saturated rings. The monoisotopic (exact) mass is 226 g/mol. The summed E-state index contributed by atoms with van der Waals surface area (Å²) in [7, 11) is 1.80. The normalized spacial score (nSPS) is 12.5. The van der Waals surface area contributed by atoms with Gasteiger partial charge in [-0.15, -0.1) is 0 Å². The third-order valence-electron chi connectivity index (χ3n) is 2.28. The second-order valence-corrected chi connectivity index (χ2v) is 3.86. The SMILES string of the molecule is CC(C#N)N(C)Cc1cc(F)ccc1Cl. The molecule has 0 aliphatic heterocycles. The van der Waals surface area contributed by atoms with Crippen LogP contribution in [0.3, 0.4) is 0 Å². The number of nitriles is 1. The number of benzene rings is 1. The first-order valence-electron chi connectivity index (χ1n) is 4.58. The van der Waals surface area contributed by atoms with Gasteiger partial charge in [0.25, 0.3) is 0 Å². The highest BCUT2D eigenvalue weighted by Gasteiger charge is 2.10. The Hall–Kier alpha value is -1.11. The smallest absolute Gasteiger partial charge is 0.123 e. The molecule has 0 saturated carbocycles. The van der Waals surface area contributed by atoms with E-state index in [9.17, 15) is 4.39 Å². The fraction of sp³-hybridized carbons (Fsp3) is 0.364. The van der Waals surface area contributed by atoms with Crippen LogP contribution in [0.15, 0.2) is 18.2 Å². The zero-order valence-electron chi connectivity index (χ0n) is 8.67. The molecular weight excluding hydrogens is 215 g/mol. The van der Waals surface area contributed by atoms with Crippen LogP contribution in [0.25, 0.3) is 0 Å². The summed E-state index contributed by atoms with van der Waals surface area (Å²) in [4.78, 5) is 1.81. The summed E-state index contributed by atoms with van der Waals surface area (Å²) in [5.74, 6) is -0.313. The topological polar surface area (TPSA) is 27.0 Å². The molecule has 0 N–H and O–H groups in total. The average molecular weight is 227 g/mol. The maximum atomic E-state index is 12.9. The zero-order valence-corrected chi connectivity index (χ0v) is 9.42. The summed E-state index contributed by atoms with van der Waals surface area (Å²) < 4.78 is 12.9. The van der Waals surface area contributed by atoms with Gasteiger partial charge < -0.3 is 0 Å². The van der Waals surface area contributed by atoms with Crippen LogP contribution >= 0.6 is 11.6 Å². The molecule has 0 bridgehead atoms. The van der Waals surface area contributed by atoms with E-state index < -0.39 is 0 Å². The van der Waals surface area contributed by atoms with Crippen molar-refractivity contribution in [2.75, 3.05) is 7.05 Å². The Bertz CT molecular complexity index is 387. The molecule has 4 heteroatoms. The maximum Gasteiger partial charge on any atom is 0.123 e. The van der Waals surface area contributed by atoms with Crippen LogP contribution in [0.5, 0.6) is 0 Å². The van der Waals surface area contributed by atoms with Crippen LogP contribution in [0.1, 0.15) is 12.5 Å². The third kappa shape index (κ3) is 3.19. The molecule has 1 aromatic rings. The van der Waals surface area contributed by atoms with Crippen molar-refractivity contribution in [2.45, 2.75) is 19.5 Å². The van der Waals surface area contributed by atoms with Gasteiger partial charge in [0.05, 0.1) is 12.1 Å². The molecule has 1 rings (SSSR count). The molecule has 0 spiro atoms. The average Bonchev–Trinajstić information content (AvgIpc) is 2.22. The molecule has 0 aliphatic carbocycles. The Labute approximate surface area is 93.9 Å². The lowest BCUT2D eigenvalue weighted by Crippen LogP contribution is -2.27. The molecule has 0 aromatic heterocycles. The summed E-state index contributed by atoms with van der Waals surface area (Å²) in [5, 5.41) is 9.23. The predicted molar refractivity (Wildman–Crippen MR) is 58.0 cm³/mol. The Morgan fingerprint density at radius 1 is 1.60 bits per heavy atom. The van der Waals surface area contributed by atoms with Crippen molar-refractivity contribution in [3.8, 4) is 6.07 Å². The summed E-state index contributed by atoms with van der Waals surface area (Å²) in [6.07, 6.45) is 0. The summed E-state index contributed by atoms with van der Waals surface area (Å²) in [6.45, 7) is 2.25. The molecule has 15 heavy (non-hydrogen) atoms. The van der Waals surface area contributed by atoms with Crippen molar-refractivity contribution >= 4 is 11.6 Å². The molecule has 1 atom stereocenters. The number of hydrogen-bond acceptors (Lipinski definition) is 2. The second-order valence-electron chi connectivity index (χ2n) is 3.46. The minimum absolute atomic E-state index is 0.218. The highest BCUT2D eigenvalue weighted by molar-refractivity contribution is 6.31. The molecule has 0 heterocycles. The van der Waals surface area contributed by atoms with Crippen LogP contribution in [-0.4, -0.2) is 18.0 Å². The molecule has 1 unspecified atom stereocenters. The quantitative estimate of drug-likeness (QED) is 0.793. The van der Waals surface area contributed by atoms with E-state index in [1.807, 2.05) is 0 Å².